The molecule has 24 heavy (non-hydrogen) atoms. The van der Waals surface area contributed by atoms with E-state index in [9.17, 15) is 15.0 Å². The maximum atomic E-state index is 12.3. The van der Waals surface area contributed by atoms with Crippen molar-refractivity contribution in [2.45, 2.75) is 38.6 Å². The molecular weight excluding hydrogens is 312 g/mol. The van der Waals surface area contributed by atoms with Crippen LogP contribution in [0.25, 0.3) is 11.0 Å². The highest BCUT2D eigenvalue weighted by molar-refractivity contribution is 5.87. The first kappa shape index (κ1) is 16.5. The highest BCUT2D eigenvalue weighted by Gasteiger charge is 2.37. The van der Waals surface area contributed by atoms with Crippen molar-refractivity contribution in [1.29, 1.82) is 0 Å². The third kappa shape index (κ3) is 2.90. The number of hydrogen-bond acceptors (Lipinski definition) is 6. The van der Waals surface area contributed by atoms with Crippen molar-refractivity contribution in [3.63, 3.8) is 0 Å². The monoisotopic (exact) mass is 332 g/mol. The van der Waals surface area contributed by atoms with E-state index in [4.69, 9.17) is 13.9 Å². The zero-order chi connectivity index (χ0) is 17.5. The predicted molar refractivity (Wildman–Crippen MR) is 88.4 cm³/mol. The number of fused-ring (bicyclic) bond motifs is 2. The minimum Gasteiger partial charge on any atom is -0.507 e. The second-order valence-corrected chi connectivity index (χ2v) is 6.42. The van der Waals surface area contributed by atoms with Crippen molar-refractivity contribution in [3.8, 4) is 11.5 Å². The number of rotatable bonds is 5. The third-order valence-electron chi connectivity index (χ3n) is 4.03. The molecule has 6 nitrogen and oxygen atoms in total. The molecule has 0 spiro atoms. The molecule has 1 aliphatic heterocycles. The van der Waals surface area contributed by atoms with Crippen LogP contribution in [0.2, 0.25) is 0 Å². The van der Waals surface area contributed by atoms with E-state index in [1.54, 1.807) is 26.0 Å². The predicted octanol–water partition coefficient (Wildman–Crippen LogP) is 2.28. The Balaban J connectivity index is 2.04. The Morgan fingerprint density at radius 1 is 1.46 bits per heavy atom. The van der Waals surface area contributed by atoms with Crippen LogP contribution in [-0.4, -0.2) is 28.5 Å². The topological polar surface area (TPSA) is 89.1 Å². The average Bonchev–Trinajstić information content (AvgIpc) is 2.91. The van der Waals surface area contributed by atoms with E-state index in [-0.39, 0.29) is 28.8 Å². The summed E-state index contributed by atoms with van der Waals surface area (Å²) in [6.45, 7) is 7.29. The van der Waals surface area contributed by atoms with E-state index < -0.39 is 11.7 Å². The molecule has 1 aromatic carbocycles. The second-order valence-electron chi connectivity index (χ2n) is 6.42. The van der Waals surface area contributed by atoms with Crippen molar-refractivity contribution in [2.24, 2.45) is 0 Å². The Morgan fingerprint density at radius 3 is 2.88 bits per heavy atom. The van der Waals surface area contributed by atoms with Gasteiger partial charge in [0.05, 0.1) is 12.2 Å². The molecule has 0 saturated carbocycles. The number of aromatic hydroxyl groups is 1. The Kier molecular flexibility index (Phi) is 4.11. The largest absolute Gasteiger partial charge is 0.507 e. The van der Waals surface area contributed by atoms with Gasteiger partial charge in [-0.25, -0.2) is 0 Å². The van der Waals surface area contributed by atoms with Gasteiger partial charge in [0.1, 0.15) is 40.9 Å². The molecule has 0 aliphatic carbocycles. The van der Waals surface area contributed by atoms with Crippen LogP contribution in [0.1, 0.15) is 25.2 Å². The van der Waals surface area contributed by atoms with Crippen LogP contribution in [0, 0.1) is 0 Å². The van der Waals surface area contributed by atoms with Gasteiger partial charge in [0.15, 0.2) is 5.43 Å². The summed E-state index contributed by atoms with van der Waals surface area (Å²) in [4.78, 5) is 12.3. The normalized spacial score (nSPS) is 16.9. The van der Waals surface area contributed by atoms with Crippen molar-refractivity contribution < 1.29 is 24.1 Å². The van der Waals surface area contributed by atoms with Gasteiger partial charge < -0.3 is 24.1 Å². The van der Waals surface area contributed by atoms with Crippen LogP contribution in [0.15, 0.2) is 34.0 Å². The van der Waals surface area contributed by atoms with Crippen LogP contribution >= 0.6 is 0 Å². The lowest BCUT2D eigenvalue weighted by Crippen LogP contribution is -2.39. The smallest absolute Gasteiger partial charge is 0.196 e. The number of benzene rings is 1. The van der Waals surface area contributed by atoms with Crippen molar-refractivity contribution in [1.82, 2.24) is 0 Å². The highest BCUT2D eigenvalue weighted by atomic mass is 16.5. The van der Waals surface area contributed by atoms with Gasteiger partial charge in [-0.1, -0.05) is 6.08 Å². The van der Waals surface area contributed by atoms with Gasteiger partial charge in [-0.05, 0) is 13.8 Å². The van der Waals surface area contributed by atoms with E-state index in [0.717, 1.165) is 0 Å². The molecule has 2 N–H and O–H groups in total. The first-order valence-electron chi connectivity index (χ1n) is 7.70. The summed E-state index contributed by atoms with van der Waals surface area (Å²) in [5.74, 6) is 0.617. The number of aliphatic hydroxyl groups is 1. The minimum atomic E-state index is -1.07. The van der Waals surface area contributed by atoms with Gasteiger partial charge in [0.25, 0.3) is 0 Å². The standard InChI is InChI=1S/C18H20O6/c1-4-5-22-9-10-6-12(19)16-14(23-10)8-13-11(17(16)20)7-15(24-13)18(2,3)21/h4,6,8,15,20-21H,1,5,7,9H2,2-3H3. The summed E-state index contributed by atoms with van der Waals surface area (Å²) in [6, 6.07) is 2.88. The summed E-state index contributed by atoms with van der Waals surface area (Å²) in [7, 11) is 0. The molecule has 0 amide bonds. The van der Waals surface area contributed by atoms with E-state index in [2.05, 4.69) is 6.58 Å². The van der Waals surface area contributed by atoms with E-state index in [1.807, 2.05) is 0 Å². The second kappa shape index (κ2) is 5.96. The molecule has 2 aromatic rings. The molecule has 6 heteroatoms. The maximum absolute atomic E-state index is 12.3. The molecular formula is C18H20O6. The lowest BCUT2D eigenvalue weighted by atomic mass is 9.96. The number of ether oxygens (including phenoxy) is 2. The number of phenols is 1. The van der Waals surface area contributed by atoms with Crippen LogP contribution < -0.4 is 10.2 Å². The molecule has 0 fully saturated rings. The van der Waals surface area contributed by atoms with Crippen molar-refractivity contribution in [3.05, 3.63) is 46.3 Å². The Hall–Kier alpha value is -2.31. The lowest BCUT2D eigenvalue weighted by Gasteiger charge is -2.24. The Bertz CT molecular complexity index is 843. The summed E-state index contributed by atoms with van der Waals surface area (Å²) in [5.41, 5.74) is -0.677. The minimum absolute atomic E-state index is 0.112. The van der Waals surface area contributed by atoms with Gasteiger partial charge in [0, 0.05) is 24.1 Å². The van der Waals surface area contributed by atoms with Crippen LogP contribution in [0.4, 0.5) is 0 Å². The summed E-state index contributed by atoms with van der Waals surface area (Å²) in [5, 5.41) is 20.7. The molecule has 1 aliphatic rings. The maximum Gasteiger partial charge on any atom is 0.196 e. The molecule has 3 rings (SSSR count). The third-order valence-corrected chi connectivity index (χ3v) is 4.03. The summed E-state index contributed by atoms with van der Waals surface area (Å²) in [6.07, 6.45) is 1.42. The number of hydrogen-bond donors (Lipinski definition) is 2. The molecule has 1 atom stereocenters. The molecule has 128 valence electrons. The molecule has 0 saturated heterocycles. The fraction of sp³-hybridized carbons (Fsp3) is 0.389. The molecule has 1 unspecified atom stereocenters. The highest BCUT2D eigenvalue weighted by Crippen LogP contribution is 2.42. The van der Waals surface area contributed by atoms with Gasteiger partial charge in [-0.15, -0.1) is 6.58 Å². The van der Waals surface area contributed by atoms with E-state index >= 15 is 0 Å². The molecule has 1 aromatic heterocycles. The lowest BCUT2D eigenvalue weighted by molar-refractivity contribution is -0.0229. The number of phenolic OH excluding ortho intramolecular Hbond substituents is 1. The van der Waals surface area contributed by atoms with E-state index in [1.165, 1.54) is 6.07 Å². The van der Waals surface area contributed by atoms with E-state index in [0.29, 0.717) is 30.1 Å². The van der Waals surface area contributed by atoms with Crippen LogP contribution in [0.5, 0.6) is 11.5 Å². The van der Waals surface area contributed by atoms with Gasteiger partial charge >= 0.3 is 0 Å². The van der Waals surface area contributed by atoms with Gasteiger partial charge in [-0.3, -0.25) is 4.79 Å². The fourth-order valence-electron chi connectivity index (χ4n) is 2.76. The summed E-state index contributed by atoms with van der Waals surface area (Å²) >= 11 is 0. The summed E-state index contributed by atoms with van der Waals surface area (Å²) < 4.78 is 16.7. The molecule has 0 bridgehead atoms. The van der Waals surface area contributed by atoms with Gasteiger partial charge in [0.2, 0.25) is 0 Å². The van der Waals surface area contributed by atoms with Crippen LogP contribution in [-0.2, 0) is 17.8 Å². The first-order valence-corrected chi connectivity index (χ1v) is 7.70. The first-order chi connectivity index (χ1) is 11.3. The zero-order valence-electron chi connectivity index (χ0n) is 13.7. The quantitative estimate of drug-likeness (QED) is 0.645. The fourth-order valence-corrected chi connectivity index (χ4v) is 2.76. The van der Waals surface area contributed by atoms with Crippen LogP contribution in [0.3, 0.4) is 0 Å². The average molecular weight is 332 g/mol. The Labute approximate surface area is 138 Å². The Morgan fingerprint density at radius 2 is 2.21 bits per heavy atom. The van der Waals surface area contributed by atoms with Crippen molar-refractivity contribution in [2.75, 3.05) is 6.61 Å². The molecule has 0 radical (unpaired) electrons. The zero-order valence-corrected chi connectivity index (χ0v) is 13.7. The van der Waals surface area contributed by atoms with Crippen molar-refractivity contribution >= 4 is 11.0 Å². The molecule has 2 heterocycles. The van der Waals surface area contributed by atoms with Gasteiger partial charge in [-0.2, -0.15) is 0 Å². The SMILES string of the molecule is C=CCOCc1cc(=O)c2c(O)c3c(cc2o1)OC(C(C)(C)O)C3.